The monoisotopic (exact) mass is 234 g/mol. The molecular weight excluding hydrogens is 216 g/mol. The number of benzene rings is 1. The molecule has 0 aromatic heterocycles. The molecule has 92 valence electrons. The molecule has 4 nitrogen and oxygen atoms in total. The van der Waals surface area contributed by atoms with Crippen LogP contribution < -0.4 is 10.1 Å². The summed E-state index contributed by atoms with van der Waals surface area (Å²) in [6.45, 7) is 0.830. The summed E-state index contributed by atoms with van der Waals surface area (Å²) in [6, 6.07) is 8.14. The van der Waals surface area contributed by atoms with Crippen LogP contribution in [0, 0.1) is 0 Å². The minimum atomic E-state index is 0.00307. The Morgan fingerprint density at radius 2 is 2.12 bits per heavy atom. The van der Waals surface area contributed by atoms with Gasteiger partial charge in [0, 0.05) is 13.6 Å². The molecule has 0 radical (unpaired) electrons. The quantitative estimate of drug-likeness (QED) is 0.852. The zero-order valence-corrected chi connectivity index (χ0v) is 10.3. The predicted molar refractivity (Wildman–Crippen MR) is 66.1 cm³/mol. The van der Waals surface area contributed by atoms with E-state index in [9.17, 15) is 4.79 Å². The Hall–Kier alpha value is -1.71. The summed E-state index contributed by atoms with van der Waals surface area (Å²) in [4.78, 5) is 13.6. The van der Waals surface area contributed by atoms with Crippen molar-refractivity contribution in [1.29, 1.82) is 0 Å². The van der Waals surface area contributed by atoms with E-state index >= 15 is 0 Å². The number of carbonyl (C=O) groups excluding carboxylic acids is 1. The predicted octanol–water partition coefficient (Wildman–Crippen LogP) is 2.17. The van der Waals surface area contributed by atoms with E-state index in [0.717, 1.165) is 25.1 Å². The molecule has 1 aromatic carbocycles. The maximum atomic E-state index is 11.7. The summed E-state index contributed by atoms with van der Waals surface area (Å²) in [5, 5.41) is 2.69. The van der Waals surface area contributed by atoms with Crippen molar-refractivity contribution in [2.45, 2.75) is 18.9 Å². The third kappa shape index (κ3) is 2.35. The number of hydrogen-bond acceptors (Lipinski definition) is 2. The minimum absolute atomic E-state index is 0.00307. The molecule has 0 aliphatic carbocycles. The molecule has 1 aliphatic heterocycles. The normalized spacial score (nSPS) is 19.2. The van der Waals surface area contributed by atoms with Gasteiger partial charge in [-0.3, -0.25) is 0 Å². The van der Waals surface area contributed by atoms with Gasteiger partial charge in [-0.25, -0.2) is 4.79 Å². The van der Waals surface area contributed by atoms with Crippen LogP contribution in [0.25, 0.3) is 0 Å². The highest BCUT2D eigenvalue weighted by Crippen LogP contribution is 2.32. The van der Waals surface area contributed by atoms with Crippen molar-refractivity contribution < 1.29 is 9.53 Å². The van der Waals surface area contributed by atoms with Gasteiger partial charge >= 0.3 is 6.03 Å². The number of ether oxygens (including phenoxy) is 1. The fourth-order valence-electron chi connectivity index (χ4n) is 2.33. The molecule has 0 spiro atoms. The third-order valence-corrected chi connectivity index (χ3v) is 3.23. The second-order valence-electron chi connectivity index (χ2n) is 4.18. The molecule has 1 saturated heterocycles. The number of nitrogens with one attached hydrogen (secondary N) is 1. The van der Waals surface area contributed by atoms with Crippen LogP contribution >= 0.6 is 0 Å². The van der Waals surface area contributed by atoms with E-state index in [4.69, 9.17) is 4.74 Å². The van der Waals surface area contributed by atoms with Crippen LogP contribution in [0.2, 0.25) is 0 Å². The summed E-state index contributed by atoms with van der Waals surface area (Å²) < 4.78 is 5.13. The molecule has 0 saturated carbocycles. The first-order valence-electron chi connectivity index (χ1n) is 5.88. The van der Waals surface area contributed by atoms with Gasteiger partial charge in [-0.1, -0.05) is 12.1 Å². The zero-order valence-electron chi connectivity index (χ0n) is 10.3. The Morgan fingerprint density at radius 1 is 1.41 bits per heavy atom. The van der Waals surface area contributed by atoms with E-state index in [0.29, 0.717) is 0 Å². The number of hydrogen-bond donors (Lipinski definition) is 1. The number of likely N-dealkylation sites (tertiary alicyclic amines) is 1. The van der Waals surface area contributed by atoms with Gasteiger partial charge in [-0.05, 0) is 30.5 Å². The van der Waals surface area contributed by atoms with Crippen molar-refractivity contribution in [2.75, 3.05) is 20.7 Å². The lowest BCUT2D eigenvalue weighted by atomic mass is 10.0. The van der Waals surface area contributed by atoms with Crippen LogP contribution in [-0.4, -0.2) is 31.6 Å². The number of methoxy groups -OCH3 is 1. The highest BCUT2D eigenvalue weighted by Gasteiger charge is 2.29. The molecule has 0 bridgehead atoms. The summed E-state index contributed by atoms with van der Waals surface area (Å²) in [6.07, 6.45) is 2.09. The van der Waals surface area contributed by atoms with Gasteiger partial charge in [0.1, 0.15) is 5.75 Å². The summed E-state index contributed by atoms with van der Waals surface area (Å²) in [5.74, 6) is 0.846. The molecule has 1 atom stereocenters. The first-order chi connectivity index (χ1) is 8.26. The Bertz CT molecular complexity index is 389. The number of nitrogens with zero attached hydrogens (tertiary/aromatic N) is 1. The van der Waals surface area contributed by atoms with E-state index in [2.05, 4.69) is 5.32 Å². The molecule has 2 rings (SSSR count). The van der Waals surface area contributed by atoms with Crippen LogP contribution in [0.15, 0.2) is 24.3 Å². The molecule has 1 aliphatic rings. The average Bonchev–Trinajstić information content (AvgIpc) is 2.87. The van der Waals surface area contributed by atoms with Crippen molar-refractivity contribution in [3.05, 3.63) is 29.8 Å². The van der Waals surface area contributed by atoms with Gasteiger partial charge in [0.15, 0.2) is 0 Å². The SMILES string of the molecule is CNC(=O)N1CCCC1c1ccc(OC)cc1. The lowest BCUT2D eigenvalue weighted by Crippen LogP contribution is -2.37. The molecule has 1 fully saturated rings. The molecule has 1 N–H and O–H groups in total. The van der Waals surface area contributed by atoms with Crippen LogP contribution in [0.5, 0.6) is 5.75 Å². The smallest absolute Gasteiger partial charge is 0.317 e. The number of carbonyl (C=O) groups is 1. The van der Waals surface area contributed by atoms with Crippen LogP contribution in [-0.2, 0) is 0 Å². The van der Waals surface area contributed by atoms with E-state index < -0.39 is 0 Å². The van der Waals surface area contributed by atoms with Gasteiger partial charge in [0.25, 0.3) is 0 Å². The van der Waals surface area contributed by atoms with E-state index in [1.54, 1.807) is 14.2 Å². The van der Waals surface area contributed by atoms with Crippen molar-refractivity contribution in [3.63, 3.8) is 0 Å². The average molecular weight is 234 g/mol. The third-order valence-electron chi connectivity index (χ3n) is 3.23. The minimum Gasteiger partial charge on any atom is -0.497 e. The topological polar surface area (TPSA) is 41.6 Å². The molecular formula is C13H18N2O2. The first kappa shape index (κ1) is 11.8. The highest BCUT2D eigenvalue weighted by atomic mass is 16.5. The van der Waals surface area contributed by atoms with E-state index in [1.165, 1.54) is 5.56 Å². The molecule has 1 unspecified atom stereocenters. The highest BCUT2D eigenvalue weighted by molar-refractivity contribution is 5.74. The second-order valence-corrected chi connectivity index (χ2v) is 4.18. The van der Waals surface area contributed by atoms with Gasteiger partial charge in [-0.2, -0.15) is 0 Å². The Morgan fingerprint density at radius 3 is 2.71 bits per heavy atom. The standard InChI is InChI=1S/C13H18N2O2/c1-14-13(16)15-9-3-4-12(15)10-5-7-11(17-2)8-6-10/h5-8,12H,3-4,9H2,1-2H3,(H,14,16). The molecule has 17 heavy (non-hydrogen) atoms. The van der Waals surface area contributed by atoms with Gasteiger partial charge in [0.05, 0.1) is 13.2 Å². The zero-order chi connectivity index (χ0) is 12.3. The van der Waals surface area contributed by atoms with Gasteiger partial charge in [0.2, 0.25) is 0 Å². The van der Waals surface area contributed by atoms with Gasteiger partial charge in [-0.15, -0.1) is 0 Å². The van der Waals surface area contributed by atoms with E-state index in [-0.39, 0.29) is 12.1 Å². The van der Waals surface area contributed by atoms with E-state index in [1.807, 2.05) is 29.2 Å². The largest absolute Gasteiger partial charge is 0.497 e. The lowest BCUT2D eigenvalue weighted by molar-refractivity contribution is 0.195. The Kier molecular flexibility index (Phi) is 3.52. The second kappa shape index (κ2) is 5.08. The number of urea groups is 1. The van der Waals surface area contributed by atoms with Crippen LogP contribution in [0.3, 0.4) is 0 Å². The fourth-order valence-corrected chi connectivity index (χ4v) is 2.33. The van der Waals surface area contributed by atoms with Crippen molar-refractivity contribution in [3.8, 4) is 5.75 Å². The Labute approximate surface area is 102 Å². The molecule has 1 aromatic rings. The summed E-state index contributed by atoms with van der Waals surface area (Å²) in [7, 11) is 3.33. The maximum absolute atomic E-state index is 11.7. The first-order valence-corrected chi connectivity index (χ1v) is 5.88. The molecule has 2 amide bonds. The Balaban J connectivity index is 2.17. The molecule has 4 heteroatoms. The summed E-state index contributed by atoms with van der Waals surface area (Å²) >= 11 is 0. The van der Waals surface area contributed by atoms with Crippen molar-refractivity contribution >= 4 is 6.03 Å². The van der Waals surface area contributed by atoms with Crippen LogP contribution in [0.1, 0.15) is 24.4 Å². The van der Waals surface area contributed by atoms with Crippen molar-refractivity contribution in [2.24, 2.45) is 0 Å². The van der Waals surface area contributed by atoms with Crippen LogP contribution in [0.4, 0.5) is 4.79 Å². The fraction of sp³-hybridized carbons (Fsp3) is 0.462. The summed E-state index contributed by atoms with van der Waals surface area (Å²) in [5.41, 5.74) is 1.17. The number of rotatable bonds is 2. The lowest BCUT2D eigenvalue weighted by Gasteiger charge is -2.24. The van der Waals surface area contributed by atoms with Crippen molar-refractivity contribution in [1.82, 2.24) is 10.2 Å². The van der Waals surface area contributed by atoms with Gasteiger partial charge < -0.3 is 15.0 Å². The maximum Gasteiger partial charge on any atom is 0.317 e. The molecule has 1 heterocycles. The number of amides is 2.